The number of nitrogens with two attached hydrogens (primary N) is 1. The fourth-order valence-electron chi connectivity index (χ4n) is 3.79. The predicted octanol–water partition coefficient (Wildman–Crippen LogP) is 4.57. The molecular weight excluding hydrogens is 414 g/mol. The molecule has 0 fully saturated rings. The summed E-state index contributed by atoms with van der Waals surface area (Å²) in [5.74, 6) is 1.31. The summed E-state index contributed by atoms with van der Waals surface area (Å²) in [7, 11) is 0. The van der Waals surface area contributed by atoms with Gasteiger partial charge in [0.25, 0.3) is 0 Å². The summed E-state index contributed by atoms with van der Waals surface area (Å²) in [6, 6.07) is 23.2. The van der Waals surface area contributed by atoms with Crippen LogP contribution in [0.5, 0.6) is 5.75 Å². The average Bonchev–Trinajstić information content (AvgIpc) is 2.78. The fraction of sp³-hybridized carbons (Fsp3) is 0.125. The Bertz CT molecular complexity index is 1140. The van der Waals surface area contributed by atoms with Crippen molar-refractivity contribution in [2.24, 2.45) is 5.73 Å². The molecular formula is C24H20NO3S2-. The van der Waals surface area contributed by atoms with Crippen LogP contribution in [0, 0.1) is 0 Å². The quantitative estimate of drug-likeness (QED) is 0.454. The van der Waals surface area contributed by atoms with Gasteiger partial charge in [0.05, 0.1) is 0 Å². The lowest BCUT2D eigenvalue weighted by Gasteiger charge is -2.30. The molecule has 0 bridgehead atoms. The van der Waals surface area contributed by atoms with Crippen molar-refractivity contribution < 1.29 is 13.5 Å². The van der Waals surface area contributed by atoms with E-state index in [2.05, 4.69) is 0 Å². The average molecular weight is 435 g/mol. The SMILES string of the molecule is NCc1ccccc1C1=C(c2ccc(CS(=O)[O-])cc2)Oc2ccccc2C1C=S. The molecule has 0 spiro atoms. The zero-order chi connectivity index (χ0) is 21.1. The molecule has 0 radical (unpaired) electrons. The van der Waals surface area contributed by atoms with Crippen LogP contribution in [-0.2, 0) is 23.4 Å². The lowest BCUT2D eigenvalue weighted by atomic mass is 9.82. The third kappa shape index (κ3) is 4.00. The van der Waals surface area contributed by atoms with Gasteiger partial charge in [-0.3, -0.25) is 4.21 Å². The van der Waals surface area contributed by atoms with E-state index in [1.807, 2.05) is 60.7 Å². The Kier molecular flexibility index (Phi) is 6.20. The van der Waals surface area contributed by atoms with Gasteiger partial charge in [-0.2, -0.15) is 0 Å². The van der Waals surface area contributed by atoms with Crippen LogP contribution >= 0.6 is 12.2 Å². The molecule has 152 valence electrons. The summed E-state index contributed by atoms with van der Waals surface area (Å²) < 4.78 is 28.4. The van der Waals surface area contributed by atoms with Crippen molar-refractivity contribution in [3.63, 3.8) is 0 Å². The van der Waals surface area contributed by atoms with Gasteiger partial charge in [-0.1, -0.05) is 90.0 Å². The minimum absolute atomic E-state index is 0.0194. The molecule has 1 aliphatic rings. The number of allylic oxidation sites excluding steroid dienone is 1. The van der Waals surface area contributed by atoms with Crippen LogP contribution < -0.4 is 10.5 Å². The van der Waals surface area contributed by atoms with Crippen LogP contribution in [-0.4, -0.2) is 14.1 Å². The van der Waals surface area contributed by atoms with Gasteiger partial charge in [-0.05, 0) is 28.1 Å². The van der Waals surface area contributed by atoms with E-state index in [1.165, 1.54) is 0 Å². The second-order valence-electron chi connectivity index (χ2n) is 7.00. The number of para-hydroxylation sites is 1. The monoisotopic (exact) mass is 434 g/mol. The Morgan fingerprint density at radius 3 is 2.43 bits per heavy atom. The molecule has 3 aromatic rings. The van der Waals surface area contributed by atoms with Gasteiger partial charge in [-0.25, -0.2) is 0 Å². The molecule has 30 heavy (non-hydrogen) atoms. The van der Waals surface area contributed by atoms with E-state index in [0.29, 0.717) is 12.3 Å². The zero-order valence-corrected chi connectivity index (χ0v) is 17.7. The molecule has 1 aliphatic heterocycles. The third-order valence-corrected chi connectivity index (χ3v) is 6.03. The van der Waals surface area contributed by atoms with Crippen molar-refractivity contribution in [2.75, 3.05) is 0 Å². The number of ether oxygens (including phenoxy) is 1. The second-order valence-corrected chi connectivity index (χ2v) is 8.17. The highest BCUT2D eigenvalue weighted by Crippen LogP contribution is 2.46. The first kappa shape index (κ1) is 20.6. The van der Waals surface area contributed by atoms with Gasteiger partial charge in [-0.15, -0.1) is 0 Å². The Balaban J connectivity index is 1.93. The standard InChI is InChI=1S/C24H21NO3S2/c25-13-18-5-1-2-6-19(18)23-21(14-29)20-7-3-4-8-22(20)28-24(23)17-11-9-16(10-12-17)15-30(26)27/h1-12,14,21H,13,15,25H2,(H,26,27)/p-1. The van der Waals surface area contributed by atoms with Crippen LogP contribution in [0.4, 0.5) is 0 Å². The van der Waals surface area contributed by atoms with Crippen LogP contribution in [0.25, 0.3) is 11.3 Å². The molecule has 6 heteroatoms. The molecule has 2 atom stereocenters. The number of hydrogen-bond acceptors (Lipinski definition) is 5. The first-order valence-electron chi connectivity index (χ1n) is 9.52. The number of hydrogen-bond donors (Lipinski definition) is 1. The van der Waals surface area contributed by atoms with Crippen molar-refractivity contribution in [3.05, 3.63) is 101 Å². The summed E-state index contributed by atoms with van der Waals surface area (Å²) in [6.45, 7) is 0.396. The number of fused-ring (bicyclic) bond motifs is 1. The van der Waals surface area contributed by atoms with Gasteiger partial charge in [0.1, 0.15) is 11.5 Å². The van der Waals surface area contributed by atoms with Gasteiger partial charge < -0.3 is 15.0 Å². The maximum Gasteiger partial charge on any atom is 0.139 e. The highest BCUT2D eigenvalue weighted by Gasteiger charge is 2.30. The Morgan fingerprint density at radius 2 is 1.73 bits per heavy atom. The fourth-order valence-corrected chi connectivity index (χ4v) is 4.53. The van der Waals surface area contributed by atoms with Crippen LogP contribution in [0.1, 0.15) is 33.7 Å². The van der Waals surface area contributed by atoms with Gasteiger partial charge >= 0.3 is 0 Å². The maximum absolute atomic E-state index is 11.0. The molecule has 2 N–H and O–H groups in total. The predicted molar refractivity (Wildman–Crippen MR) is 124 cm³/mol. The Morgan fingerprint density at radius 1 is 1.03 bits per heavy atom. The van der Waals surface area contributed by atoms with E-state index < -0.39 is 11.1 Å². The van der Waals surface area contributed by atoms with E-state index in [1.54, 1.807) is 17.5 Å². The van der Waals surface area contributed by atoms with E-state index in [4.69, 9.17) is 22.7 Å². The van der Waals surface area contributed by atoms with E-state index in [9.17, 15) is 8.76 Å². The van der Waals surface area contributed by atoms with Crippen LogP contribution in [0.3, 0.4) is 0 Å². The van der Waals surface area contributed by atoms with Crippen molar-refractivity contribution >= 4 is 40.0 Å². The van der Waals surface area contributed by atoms with E-state index >= 15 is 0 Å². The highest BCUT2D eigenvalue weighted by atomic mass is 32.2. The number of rotatable bonds is 6. The second kappa shape index (κ2) is 9.02. The lowest BCUT2D eigenvalue weighted by molar-refractivity contribution is 0.500. The molecule has 0 aromatic heterocycles. The van der Waals surface area contributed by atoms with E-state index in [-0.39, 0.29) is 11.7 Å². The summed E-state index contributed by atoms with van der Waals surface area (Å²) in [6.07, 6.45) is 0. The minimum atomic E-state index is -2.13. The summed E-state index contributed by atoms with van der Waals surface area (Å²) >= 11 is 3.33. The zero-order valence-electron chi connectivity index (χ0n) is 16.1. The Labute approximate surface area is 183 Å². The first-order chi connectivity index (χ1) is 14.6. The van der Waals surface area contributed by atoms with Crippen molar-refractivity contribution in [3.8, 4) is 5.75 Å². The molecule has 3 aromatic carbocycles. The van der Waals surface area contributed by atoms with Crippen LogP contribution in [0.2, 0.25) is 0 Å². The maximum atomic E-state index is 11.0. The van der Waals surface area contributed by atoms with Gasteiger partial charge in [0, 0.05) is 34.9 Å². The smallest absolute Gasteiger partial charge is 0.139 e. The van der Waals surface area contributed by atoms with Crippen molar-refractivity contribution in [1.29, 1.82) is 0 Å². The lowest BCUT2D eigenvalue weighted by Crippen LogP contribution is -2.17. The molecule has 4 nitrogen and oxygen atoms in total. The molecule has 2 unspecified atom stereocenters. The molecule has 0 amide bonds. The molecule has 1 heterocycles. The molecule has 0 aliphatic carbocycles. The first-order valence-corrected chi connectivity index (χ1v) is 11.2. The largest absolute Gasteiger partial charge is 0.772 e. The topological polar surface area (TPSA) is 75.4 Å². The van der Waals surface area contributed by atoms with Crippen LogP contribution in [0.15, 0.2) is 72.8 Å². The summed E-state index contributed by atoms with van der Waals surface area (Å²) in [5, 5.41) is 1.76. The molecule has 4 rings (SSSR count). The van der Waals surface area contributed by atoms with Gasteiger partial charge in [0.2, 0.25) is 0 Å². The number of benzene rings is 3. The summed E-state index contributed by atoms with van der Waals surface area (Å²) in [5.41, 5.74) is 11.6. The third-order valence-electron chi connectivity index (χ3n) is 5.19. The number of thiocarbonyl (C=S) groups is 1. The molecule has 0 saturated carbocycles. The Hall–Kier alpha value is -2.64. The molecule has 0 saturated heterocycles. The van der Waals surface area contributed by atoms with E-state index in [0.717, 1.165) is 39.1 Å². The van der Waals surface area contributed by atoms with Crippen molar-refractivity contribution in [2.45, 2.75) is 18.2 Å². The van der Waals surface area contributed by atoms with Gasteiger partial charge in [0.15, 0.2) is 0 Å². The normalized spacial score (nSPS) is 16.5. The van der Waals surface area contributed by atoms with Crippen molar-refractivity contribution in [1.82, 2.24) is 0 Å². The minimum Gasteiger partial charge on any atom is -0.772 e. The summed E-state index contributed by atoms with van der Waals surface area (Å²) in [4.78, 5) is 0. The highest BCUT2D eigenvalue weighted by molar-refractivity contribution is 7.79.